The van der Waals surface area contributed by atoms with E-state index in [9.17, 15) is 0 Å². The third-order valence-electron chi connectivity index (χ3n) is 4.88. The van der Waals surface area contributed by atoms with Crippen LogP contribution in [0.25, 0.3) is 17.0 Å². The van der Waals surface area contributed by atoms with Crippen molar-refractivity contribution in [2.24, 2.45) is 0 Å². The third-order valence-corrected chi connectivity index (χ3v) is 4.88. The summed E-state index contributed by atoms with van der Waals surface area (Å²) in [6, 6.07) is 4.11. The molecule has 0 radical (unpaired) electrons. The van der Waals surface area contributed by atoms with Gasteiger partial charge in [-0.25, -0.2) is 24.5 Å². The van der Waals surface area contributed by atoms with Crippen LogP contribution in [0.1, 0.15) is 32.7 Å². The second-order valence-corrected chi connectivity index (χ2v) is 7.41. The fraction of sp³-hybridized carbons (Fsp3) is 0.318. The predicted octanol–water partition coefficient (Wildman–Crippen LogP) is 2.41. The highest BCUT2D eigenvalue weighted by Crippen LogP contribution is 2.30. The zero-order chi connectivity index (χ0) is 24.5. The number of piperidine rings is 1. The molecule has 0 amide bonds. The average molecular weight is 467 g/mol. The lowest BCUT2D eigenvalue weighted by molar-refractivity contribution is -0.135. The lowest BCUT2D eigenvalue weighted by atomic mass is 10.0. The van der Waals surface area contributed by atoms with Gasteiger partial charge in [0.1, 0.15) is 5.82 Å². The highest BCUT2D eigenvalue weighted by molar-refractivity contribution is 5.72. The topological polar surface area (TPSA) is 152 Å². The summed E-state index contributed by atoms with van der Waals surface area (Å²) in [4.78, 5) is 38.0. The van der Waals surface area contributed by atoms with Gasteiger partial charge < -0.3 is 19.7 Å². The largest absolute Gasteiger partial charge is 0.481 e. The first-order valence-electron chi connectivity index (χ1n) is 10.6. The minimum absolute atomic E-state index is 0.395. The van der Waals surface area contributed by atoms with Gasteiger partial charge in [0.2, 0.25) is 5.95 Å². The van der Waals surface area contributed by atoms with Crippen LogP contribution in [0.4, 0.5) is 5.95 Å². The van der Waals surface area contributed by atoms with Crippen LogP contribution in [0.3, 0.4) is 0 Å². The zero-order valence-corrected chi connectivity index (χ0v) is 18.9. The molecular weight excluding hydrogens is 440 g/mol. The Kier molecular flexibility index (Phi) is 8.21. The Bertz CT molecular complexity index is 1200. The molecular formula is C22H26N8O4. The summed E-state index contributed by atoms with van der Waals surface area (Å²) in [5.74, 6) is 0.0664. The molecule has 0 spiro atoms. The molecule has 5 heterocycles. The first-order chi connectivity index (χ1) is 16.4. The Balaban J connectivity index is 0.000000355. The van der Waals surface area contributed by atoms with Crippen molar-refractivity contribution >= 4 is 23.5 Å². The molecule has 0 unspecified atom stereocenters. The molecule has 12 nitrogen and oxygen atoms in total. The molecule has 34 heavy (non-hydrogen) atoms. The Labute approximate surface area is 195 Å². The van der Waals surface area contributed by atoms with Gasteiger partial charge in [0, 0.05) is 70.2 Å². The summed E-state index contributed by atoms with van der Waals surface area (Å²) < 4.78 is 4.04. The van der Waals surface area contributed by atoms with E-state index in [4.69, 9.17) is 19.8 Å². The first kappa shape index (κ1) is 24.3. The molecule has 0 aromatic carbocycles. The number of carboxylic acid groups (broad SMARTS) is 2. The van der Waals surface area contributed by atoms with Gasteiger partial charge in [0.05, 0.1) is 11.8 Å². The number of hydrogen-bond donors (Lipinski definition) is 2. The van der Waals surface area contributed by atoms with E-state index in [0.29, 0.717) is 6.04 Å². The number of carbonyl (C=O) groups is 2. The van der Waals surface area contributed by atoms with E-state index in [1.54, 1.807) is 23.1 Å². The number of nitrogens with zero attached hydrogens (tertiary/aromatic N) is 8. The van der Waals surface area contributed by atoms with E-state index >= 15 is 0 Å². The molecule has 4 aromatic rings. The van der Waals surface area contributed by atoms with Crippen LogP contribution in [0.15, 0.2) is 55.5 Å². The molecule has 0 aliphatic carbocycles. The normalized spacial score (nSPS) is 13.4. The summed E-state index contributed by atoms with van der Waals surface area (Å²) >= 11 is 0. The van der Waals surface area contributed by atoms with Gasteiger partial charge in [0.15, 0.2) is 5.65 Å². The van der Waals surface area contributed by atoms with E-state index in [-0.39, 0.29) is 0 Å². The Morgan fingerprint density at radius 2 is 1.50 bits per heavy atom. The number of aromatic nitrogens is 7. The highest BCUT2D eigenvalue weighted by atomic mass is 16.4. The molecule has 4 aromatic heterocycles. The molecule has 0 saturated carbocycles. The number of aliphatic carboxylic acids is 2. The van der Waals surface area contributed by atoms with Crippen molar-refractivity contribution in [2.75, 3.05) is 18.0 Å². The van der Waals surface area contributed by atoms with Gasteiger partial charge in [-0.2, -0.15) is 5.10 Å². The summed E-state index contributed by atoms with van der Waals surface area (Å²) in [7, 11) is 0. The van der Waals surface area contributed by atoms with Crippen LogP contribution >= 0.6 is 0 Å². The van der Waals surface area contributed by atoms with Crippen molar-refractivity contribution in [1.29, 1.82) is 0 Å². The standard InChI is InChI=1S/C18H18N8.2C2H4O2/c1-5-21-18(22-6-1)24-10-3-14(4-11-24)25-12-8-20-16(25)15-13-23-26-9-2-7-19-17(15)26;2*1-2(3)4/h1-2,5-9,12-14H,3-4,10-11H2;2*1H3,(H,3,4). The minimum atomic E-state index is -0.833. The SMILES string of the molecule is CC(=O)O.CC(=O)O.c1cnc(N2CCC(n3ccnc3-c3cnn4cccnc34)CC2)nc1. The van der Waals surface area contributed by atoms with Gasteiger partial charge >= 0.3 is 0 Å². The summed E-state index contributed by atoms with van der Waals surface area (Å²) in [6.45, 7) is 4.03. The number of anilines is 1. The van der Waals surface area contributed by atoms with E-state index < -0.39 is 11.9 Å². The molecule has 5 rings (SSSR count). The Morgan fingerprint density at radius 1 is 0.882 bits per heavy atom. The fourth-order valence-corrected chi connectivity index (χ4v) is 3.60. The van der Waals surface area contributed by atoms with E-state index in [0.717, 1.165) is 62.8 Å². The van der Waals surface area contributed by atoms with Crippen molar-refractivity contribution in [2.45, 2.75) is 32.7 Å². The number of hydrogen-bond acceptors (Lipinski definition) is 8. The molecule has 1 saturated heterocycles. The van der Waals surface area contributed by atoms with Gasteiger partial charge in [0.25, 0.3) is 11.9 Å². The van der Waals surface area contributed by atoms with Crippen molar-refractivity contribution in [3.63, 3.8) is 0 Å². The molecule has 1 aliphatic heterocycles. The molecule has 2 N–H and O–H groups in total. The summed E-state index contributed by atoms with van der Waals surface area (Å²) in [6.07, 6.45) is 15.1. The van der Waals surface area contributed by atoms with Crippen LogP contribution in [0.2, 0.25) is 0 Å². The lowest BCUT2D eigenvalue weighted by Gasteiger charge is -2.33. The first-order valence-corrected chi connectivity index (χ1v) is 10.6. The van der Waals surface area contributed by atoms with Crippen molar-refractivity contribution < 1.29 is 19.8 Å². The van der Waals surface area contributed by atoms with Gasteiger partial charge in [-0.15, -0.1) is 0 Å². The van der Waals surface area contributed by atoms with Crippen molar-refractivity contribution in [3.05, 3.63) is 55.5 Å². The van der Waals surface area contributed by atoms with E-state index in [1.807, 2.05) is 30.7 Å². The molecule has 1 fully saturated rings. The predicted molar refractivity (Wildman–Crippen MR) is 123 cm³/mol. The van der Waals surface area contributed by atoms with Gasteiger partial charge in [-0.05, 0) is 25.0 Å². The number of imidazole rings is 1. The van der Waals surface area contributed by atoms with Crippen LogP contribution in [-0.4, -0.2) is 69.4 Å². The number of fused-ring (bicyclic) bond motifs is 1. The fourth-order valence-electron chi connectivity index (χ4n) is 3.60. The summed E-state index contributed by atoms with van der Waals surface area (Å²) in [5.41, 5.74) is 1.79. The van der Waals surface area contributed by atoms with Crippen molar-refractivity contribution in [3.8, 4) is 11.4 Å². The Hall–Kier alpha value is -4.35. The maximum Gasteiger partial charge on any atom is 0.300 e. The minimum Gasteiger partial charge on any atom is -0.481 e. The number of carboxylic acids is 2. The number of rotatable bonds is 3. The van der Waals surface area contributed by atoms with E-state index in [1.165, 1.54) is 0 Å². The molecule has 1 aliphatic rings. The van der Waals surface area contributed by atoms with Crippen LogP contribution in [0.5, 0.6) is 0 Å². The zero-order valence-electron chi connectivity index (χ0n) is 18.9. The van der Waals surface area contributed by atoms with Crippen molar-refractivity contribution in [1.82, 2.24) is 34.1 Å². The monoisotopic (exact) mass is 466 g/mol. The second kappa shape index (κ2) is 11.5. The average Bonchev–Trinajstić information content (AvgIpc) is 3.46. The second-order valence-electron chi connectivity index (χ2n) is 7.41. The molecule has 0 bridgehead atoms. The molecule has 0 atom stereocenters. The molecule has 178 valence electrons. The quantitative estimate of drug-likeness (QED) is 0.460. The van der Waals surface area contributed by atoms with Gasteiger partial charge in [-0.3, -0.25) is 9.59 Å². The van der Waals surface area contributed by atoms with Crippen LogP contribution < -0.4 is 4.90 Å². The van der Waals surface area contributed by atoms with E-state index in [2.05, 4.69) is 40.7 Å². The van der Waals surface area contributed by atoms with Crippen LogP contribution in [0, 0.1) is 0 Å². The smallest absolute Gasteiger partial charge is 0.300 e. The summed E-state index contributed by atoms with van der Waals surface area (Å²) in [5, 5.41) is 19.2. The maximum absolute atomic E-state index is 9.00. The van der Waals surface area contributed by atoms with Gasteiger partial charge in [-0.1, -0.05) is 0 Å². The Morgan fingerprint density at radius 3 is 2.15 bits per heavy atom. The maximum atomic E-state index is 9.00. The lowest BCUT2D eigenvalue weighted by Crippen LogP contribution is -2.35. The molecule has 12 heteroatoms. The highest BCUT2D eigenvalue weighted by Gasteiger charge is 2.24. The third kappa shape index (κ3) is 6.34. The van der Waals surface area contributed by atoms with Crippen LogP contribution in [-0.2, 0) is 9.59 Å².